The van der Waals surface area contributed by atoms with Crippen LogP contribution in [0.4, 0.5) is 16.7 Å². The molecule has 2 N–H and O–H groups in total. The van der Waals surface area contributed by atoms with Gasteiger partial charge in [-0.15, -0.1) is 0 Å². The number of aryl methyl sites for hydroxylation is 1. The summed E-state index contributed by atoms with van der Waals surface area (Å²) >= 11 is 5.90. The molecule has 146 valence electrons. The summed E-state index contributed by atoms with van der Waals surface area (Å²) in [5.74, 6) is 0.130. The van der Waals surface area contributed by atoms with Crippen molar-refractivity contribution in [1.29, 1.82) is 0 Å². The predicted octanol–water partition coefficient (Wildman–Crippen LogP) is 2.58. The minimum Gasteiger partial charge on any atom is -0.352 e. The van der Waals surface area contributed by atoms with Gasteiger partial charge in [-0.25, -0.2) is 17.9 Å². The van der Waals surface area contributed by atoms with Crippen LogP contribution in [0.25, 0.3) is 0 Å². The molecule has 0 saturated carbocycles. The largest absolute Gasteiger partial charge is 0.352 e. The lowest BCUT2D eigenvalue weighted by atomic mass is 10.2. The fourth-order valence-corrected chi connectivity index (χ4v) is 3.21. The molecule has 1 aromatic heterocycles. The highest BCUT2D eigenvalue weighted by atomic mass is 35.5. The Balaban J connectivity index is 2.28. The molecule has 1 heterocycles. The van der Waals surface area contributed by atoms with Crippen LogP contribution >= 0.6 is 11.6 Å². The van der Waals surface area contributed by atoms with E-state index in [1.54, 1.807) is 19.1 Å². The smallest absolute Gasteiger partial charge is 0.338 e. The maximum Gasteiger partial charge on any atom is 0.338 e. The molecule has 0 saturated heterocycles. The highest BCUT2D eigenvalue weighted by Gasteiger charge is 2.24. The minimum absolute atomic E-state index is 0.0201. The van der Waals surface area contributed by atoms with Crippen LogP contribution in [0, 0.1) is 6.92 Å². The van der Waals surface area contributed by atoms with Crippen LogP contribution in [0.5, 0.6) is 0 Å². The highest BCUT2D eigenvalue weighted by Crippen LogP contribution is 2.16. The van der Waals surface area contributed by atoms with Crippen LogP contribution < -0.4 is 14.9 Å². The van der Waals surface area contributed by atoms with Crippen molar-refractivity contribution >= 4 is 39.6 Å². The second-order valence-electron chi connectivity index (χ2n) is 6.00. The molecule has 0 unspecified atom stereocenters. The van der Waals surface area contributed by atoms with Gasteiger partial charge in [0.25, 0.3) is 10.0 Å². The number of rotatable bonds is 6. The van der Waals surface area contributed by atoms with Crippen molar-refractivity contribution in [2.24, 2.45) is 0 Å². The van der Waals surface area contributed by atoms with Crippen molar-refractivity contribution in [3.63, 3.8) is 0 Å². The van der Waals surface area contributed by atoms with Gasteiger partial charge in [-0.2, -0.15) is 15.0 Å². The van der Waals surface area contributed by atoms with E-state index >= 15 is 0 Å². The fourth-order valence-electron chi connectivity index (χ4n) is 2.11. The third-order valence-electron chi connectivity index (χ3n) is 3.37. The molecule has 1 aromatic carbocycles. The van der Waals surface area contributed by atoms with Gasteiger partial charge in [-0.3, -0.25) is 4.90 Å². The zero-order valence-electron chi connectivity index (χ0n) is 15.4. The molecule has 2 amide bonds. The van der Waals surface area contributed by atoms with E-state index in [0.717, 1.165) is 10.5 Å². The molecule has 27 heavy (non-hydrogen) atoms. The first kappa shape index (κ1) is 20.8. The normalized spacial score (nSPS) is 11.3. The number of nitrogens with zero attached hydrogens (tertiary/aromatic N) is 4. The first-order chi connectivity index (χ1) is 12.6. The van der Waals surface area contributed by atoms with Crippen LogP contribution in [-0.2, 0) is 10.0 Å². The monoisotopic (exact) mass is 412 g/mol. The topological polar surface area (TPSA) is 117 Å². The Morgan fingerprint density at radius 3 is 2.37 bits per heavy atom. The van der Waals surface area contributed by atoms with Gasteiger partial charge in [-0.05, 0) is 51.4 Å². The molecule has 0 aliphatic rings. The van der Waals surface area contributed by atoms with Gasteiger partial charge in [0.15, 0.2) is 0 Å². The number of carbonyl (C=O) groups excluding carboxylic acids is 1. The number of hydrogen-bond acceptors (Lipinski definition) is 7. The fraction of sp³-hybridized carbons (Fsp3) is 0.375. The quantitative estimate of drug-likeness (QED) is 0.748. The van der Waals surface area contributed by atoms with E-state index < -0.39 is 16.1 Å². The number of sulfonamides is 1. The van der Waals surface area contributed by atoms with E-state index in [0.29, 0.717) is 0 Å². The zero-order chi connectivity index (χ0) is 20.2. The molecule has 11 heteroatoms. The molecule has 0 fully saturated rings. The van der Waals surface area contributed by atoms with Crippen molar-refractivity contribution in [3.05, 3.63) is 35.1 Å². The highest BCUT2D eigenvalue weighted by molar-refractivity contribution is 7.90. The summed E-state index contributed by atoms with van der Waals surface area (Å²) in [6.07, 6.45) is 0. The van der Waals surface area contributed by atoms with E-state index in [1.165, 1.54) is 12.1 Å². The molecule has 0 aliphatic heterocycles. The second kappa shape index (κ2) is 8.49. The Hall–Kier alpha value is -2.46. The van der Waals surface area contributed by atoms with E-state index in [1.807, 2.05) is 25.5 Å². The maximum absolute atomic E-state index is 12.5. The summed E-state index contributed by atoms with van der Waals surface area (Å²) in [5.41, 5.74) is 0.903. The summed E-state index contributed by atoms with van der Waals surface area (Å²) in [6, 6.07) is 5.27. The van der Waals surface area contributed by atoms with Crippen molar-refractivity contribution in [1.82, 2.24) is 19.7 Å². The first-order valence-corrected chi connectivity index (χ1v) is 10.1. The molecule has 0 atom stereocenters. The molecule has 2 aromatic rings. The van der Waals surface area contributed by atoms with Gasteiger partial charge < -0.3 is 5.32 Å². The molecule has 0 aliphatic carbocycles. The Labute approximate surface area is 163 Å². The van der Waals surface area contributed by atoms with E-state index in [2.05, 4.69) is 20.3 Å². The summed E-state index contributed by atoms with van der Waals surface area (Å²) in [6.45, 7) is 7.38. The number of hydrogen-bond donors (Lipinski definition) is 2. The van der Waals surface area contributed by atoms with Gasteiger partial charge >= 0.3 is 6.03 Å². The van der Waals surface area contributed by atoms with Crippen molar-refractivity contribution < 1.29 is 13.2 Å². The van der Waals surface area contributed by atoms with Crippen molar-refractivity contribution in [3.8, 4) is 0 Å². The maximum atomic E-state index is 12.5. The Kier molecular flexibility index (Phi) is 6.55. The van der Waals surface area contributed by atoms with E-state index in [4.69, 9.17) is 11.6 Å². The van der Waals surface area contributed by atoms with Crippen LogP contribution in [0.1, 0.15) is 26.3 Å². The number of halogens is 1. The van der Waals surface area contributed by atoms with Gasteiger partial charge in [0.2, 0.25) is 17.2 Å². The van der Waals surface area contributed by atoms with Crippen LogP contribution in [0.15, 0.2) is 29.2 Å². The summed E-state index contributed by atoms with van der Waals surface area (Å²) in [4.78, 5) is 25.6. The van der Waals surface area contributed by atoms with Crippen LogP contribution in [0.2, 0.25) is 5.28 Å². The lowest BCUT2D eigenvalue weighted by molar-refractivity contribution is 0.251. The Morgan fingerprint density at radius 2 is 1.81 bits per heavy atom. The Bertz CT molecular complexity index is 918. The SMILES string of the molecule is CCN(C(=O)NS(=O)(=O)c1ccc(C)cc1)c1nc(Cl)nc(NC(C)C)n1. The lowest BCUT2D eigenvalue weighted by Crippen LogP contribution is -2.43. The number of carbonyl (C=O) groups is 1. The third kappa shape index (κ3) is 5.51. The molecule has 9 nitrogen and oxygen atoms in total. The molecule has 0 bridgehead atoms. The summed E-state index contributed by atoms with van der Waals surface area (Å²) in [7, 11) is -4.04. The average Bonchev–Trinajstić information content (AvgIpc) is 2.54. The number of aromatic nitrogens is 3. The van der Waals surface area contributed by atoms with Crippen LogP contribution in [0.3, 0.4) is 0 Å². The number of benzene rings is 1. The average molecular weight is 413 g/mol. The number of urea groups is 1. The minimum atomic E-state index is -4.04. The zero-order valence-corrected chi connectivity index (χ0v) is 17.0. The van der Waals surface area contributed by atoms with Gasteiger partial charge in [-0.1, -0.05) is 17.7 Å². The number of amides is 2. The third-order valence-corrected chi connectivity index (χ3v) is 4.88. The van der Waals surface area contributed by atoms with Crippen molar-refractivity contribution in [2.75, 3.05) is 16.8 Å². The van der Waals surface area contributed by atoms with Gasteiger partial charge in [0.05, 0.1) is 4.90 Å². The van der Waals surface area contributed by atoms with Gasteiger partial charge in [0.1, 0.15) is 0 Å². The molecular formula is C16H21ClN6O3S. The molecule has 2 rings (SSSR count). The summed E-state index contributed by atoms with van der Waals surface area (Å²) < 4.78 is 26.9. The summed E-state index contributed by atoms with van der Waals surface area (Å²) in [5, 5.41) is 2.84. The second-order valence-corrected chi connectivity index (χ2v) is 8.02. The van der Waals surface area contributed by atoms with Crippen molar-refractivity contribution in [2.45, 2.75) is 38.6 Å². The van der Waals surface area contributed by atoms with Gasteiger partial charge in [0, 0.05) is 12.6 Å². The van der Waals surface area contributed by atoms with Crippen LogP contribution in [-0.4, -0.2) is 42.0 Å². The van der Waals surface area contributed by atoms with E-state index in [9.17, 15) is 13.2 Å². The predicted molar refractivity (Wildman–Crippen MR) is 104 cm³/mol. The number of nitrogens with one attached hydrogen (secondary N) is 2. The molecule has 0 radical (unpaired) electrons. The van der Waals surface area contributed by atoms with E-state index in [-0.39, 0.29) is 34.7 Å². The lowest BCUT2D eigenvalue weighted by Gasteiger charge is -2.20. The Morgan fingerprint density at radius 1 is 1.19 bits per heavy atom. The molecule has 0 spiro atoms. The number of anilines is 2. The first-order valence-electron chi connectivity index (χ1n) is 8.21. The standard InChI is InChI=1S/C16H21ClN6O3S/c1-5-23(15-20-13(17)19-14(21-15)18-10(2)3)16(24)22-27(25,26)12-8-6-11(4)7-9-12/h6-10H,5H2,1-4H3,(H,22,24)(H,18,19,20,21). The molecular weight excluding hydrogens is 392 g/mol.